The molecule has 0 saturated heterocycles. The van der Waals surface area contributed by atoms with Gasteiger partial charge in [0.1, 0.15) is 0 Å². The molecule has 32 heavy (non-hydrogen) atoms. The van der Waals surface area contributed by atoms with Crippen LogP contribution in [0.5, 0.6) is 0 Å². The number of rotatable bonds is 4. The molecule has 170 valence electrons. The molecule has 2 aromatic carbocycles. The Bertz CT molecular complexity index is 1320. The van der Waals surface area contributed by atoms with E-state index in [1.54, 1.807) is 17.7 Å². The number of alkyl halides is 3. The van der Waals surface area contributed by atoms with E-state index in [4.69, 9.17) is 23.2 Å². The second kappa shape index (κ2) is 8.38. The zero-order valence-corrected chi connectivity index (χ0v) is 19.1. The van der Waals surface area contributed by atoms with Crippen molar-refractivity contribution in [3.63, 3.8) is 0 Å². The van der Waals surface area contributed by atoms with Crippen molar-refractivity contribution in [1.29, 1.82) is 0 Å². The van der Waals surface area contributed by atoms with Crippen molar-refractivity contribution in [1.82, 2.24) is 19.7 Å². The van der Waals surface area contributed by atoms with Crippen molar-refractivity contribution in [3.05, 3.63) is 68.5 Å². The van der Waals surface area contributed by atoms with E-state index in [2.05, 4.69) is 10.3 Å². The quantitative estimate of drug-likeness (QED) is 0.556. The Hall–Kier alpha value is -2.63. The van der Waals surface area contributed by atoms with Gasteiger partial charge in [0, 0.05) is 5.02 Å². The van der Waals surface area contributed by atoms with Gasteiger partial charge in [0.05, 0.1) is 15.6 Å². The maximum absolute atomic E-state index is 13.9. The molecule has 0 unspecified atom stereocenters. The molecule has 3 rings (SSSR count). The standard InChI is InChI=1S/C19H15Cl2F3N4O3S/c1-9-4-5-10(2)14(6-9)32(30,31)26-18(29)15-17(19(22,23)24)28(27-25-15)16-11(3)7-12(20)8-13(16)21/h4-8H,1-3H3,(H,26,29). The van der Waals surface area contributed by atoms with Gasteiger partial charge in [-0.05, 0) is 55.7 Å². The van der Waals surface area contributed by atoms with E-state index in [1.165, 1.54) is 38.1 Å². The molecule has 0 radical (unpaired) electrons. The van der Waals surface area contributed by atoms with Crippen LogP contribution in [-0.2, 0) is 16.2 Å². The molecule has 3 aromatic rings. The third-order valence-electron chi connectivity index (χ3n) is 4.44. The molecule has 0 aliphatic rings. The number of benzene rings is 2. The summed E-state index contributed by atoms with van der Waals surface area (Å²) in [6.45, 7) is 4.56. The lowest BCUT2D eigenvalue weighted by Crippen LogP contribution is -2.33. The summed E-state index contributed by atoms with van der Waals surface area (Å²) in [7, 11) is -4.49. The normalized spacial score (nSPS) is 12.1. The number of carbonyl (C=O) groups is 1. The third kappa shape index (κ3) is 4.59. The molecule has 0 atom stereocenters. The van der Waals surface area contributed by atoms with Crippen LogP contribution in [-0.4, -0.2) is 29.3 Å². The maximum atomic E-state index is 13.9. The lowest BCUT2D eigenvalue weighted by molar-refractivity contribution is -0.143. The first-order chi connectivity index (χ1) is 14.7. The molecular weight excluding hydrogens is 492 g/mol. The van der Waals surface area contributed by atoms with Crippen molar-refractivity contribution in [2.24, 2.45) is 0 Å². The lowest BCUT2D eigenvalue weighted by atomic mass is 10.2. The first-order valence-corrected chi connectivity index (χ1v) is 11.1. The van der Waals surface area contributed by atoms with Crippen molar-refractivity contribution in [3.8, 4) is 5.69 Å². The van der Waals surface area contributed by atoms with Crippen molar-refractivity contribution in [2.45, 2.75) is 31.8 Å². The average Bonchev–Trinajstić information content (AvgIpc) is 3.07. The van der Waals surface area contributed by atoms with Crippen LogP contribution in [0.1, 0.15) is 32.9 Å². The number of carbonyl (C=O) groups excluding carboxylic acids is 1. The summed E-state index contributed by atoms with van der Waals surface area (Å²) in [4.78, 5) is 12.4. The third-order valence-corrected chi connectivity index (χ3v) is 6.42. The van der Waals surface area contributed by atoms with Gasteiger partial charge in [-0.15, -0.1) is 5.10 Å². The van der Waals surface area contributed by atoms with E-state index in [-0.39, 0.29) is 26.2 Å². The van der Waals surface area contributed by atoms with E-state index in [0.29, 0.717) is 15.8 Å². The summed E-state index contributed by atoms with van der Waals surface area (Å²) in [6, 6.07) is 7.02. The number of nitrogens with zero attached hydrogens (tertiary/aromatic N) is 3. The predicted molar refractivity (Wildman–Crippen MR) is 112 cm³/mol. The van der Waals surface area contributed by atoms with Crippen LogP contribution in [0.2, 0.25) is 10.0 Å². The summed E-state index contributed by atoms with van der Waals surface area (Å²) in [5, 5.41) is 6.75. The van der Waals surface area contributed by atoms with Gasteiger partial charge in [0.2, 0.25) is 0 Å². The van der Waals surface area contributed by atoms with Crippen LogP contribution in [0.3, 0.4) is 0 Å². The van der Waals surface area contributed by atoms with Crippen molar-refractivity contribution < 1.29 is 26.4 Å². The fourth-order valence-electron chi connectivity index (χ4n) is 3.03. The second-order valence-corrected chi connectivity index (χ2v) is 9.45. The molecule has 1 amide bonds. The highest BCUT2D eigenvalue weighted by molar-refractivity contribution is 7.90. The average molecular weight is 507 g/mol. The lowest BCUT2D eigenvalue weighted by Gasteiger charge is -2.14. The van der Waals surface area contributed by atoms with Crippen LogP contribution in [0.15, 0.2) is 35.2 Å². The van der Waals surface area contributed by atoms with E-state index in [0.717, 1.165) is 0 Å². The van der Waals surface area contributed by atoms with Crippen LogP contribution in [0.4, 0.5) is 13.2 Å². The second-order valence-electron chi connectivity index (χ2n) is 6.95. The monoisotopic (exact) mass is 506 g/mol. The maximum Gasteiger partial charge on any atom is 0.435 e. The molecule has 1 N–H and O–H groups in total. The van der Waals surface area contributed by atoms with E-state index < -0.39 is 33.5 Å². The highest BCUT2D eigenvalue weighted by Crippen LogP contribution is 2.36. The Morgan fingerprint density at radius 1 is 1.06 bits per heavy atom. The Morgan fingerprint density at radius 3 is 2.31 bits per heavy atom. The number of halogens is 5. The molecule has 0 aliphatic heterocycles. The topological polar surface area (TPSA) is 93.9 Å². The number of aromatic nitrogens is 3. The predicted octanol–water partition coefficient (Wildman–Crippen LogP) is 4.64. The molecule has 0 spiro atoms. The molecule has 0 bridgehead atoms. The van der Waals surface area contributed by atoms with E-state index >= 15 is 0 Å². The van der Waals surface area contributed by atoms with Crippen LogP contribution >= 0.6 is 23.2 Å². The Labute approximate surface area is 191 Å². The van der Waals surface area contributed by atoms with Gasteiger partial charge in [0.15, 0.2) is 11.4 Å². The minimum atomic E-state index is -5.12. The molecule has 7 nitrogen and oxygen atoms in total. The van der Waals surface area contributed by atoms with Crippen LogP contribution < -0.4 is 4.72 Å². The number of hydrogen-bond acceptors (Lipinski definition) is 5. The van der Waals surface area contributed by atoms with Gasteiger partial charge >= 0.3 is 6.18 Å². The Kier molecular flexibility index (Phi) is 6.29. The Morgan fingerprint density at radius 2 is 1.72 bits per heavy atom. The van der Waals surface area contributed by atoms with E-state index in [1.807, 2.05) is 0 Å². The minimum absolute atomic E-state index is 0.166. The first kappa shape index (κ1) is 24.0. The molecule has 1 heterocycles. The largest absolute Gasteiger partial charge is 0.435 e. The number of sulfonamides is 1. The smallest absolute Gasteiger partial charge is 0.266 e. The first-order valence-electron chi connectivity index (χ1n) is 8.85. The number of hydrogen-bond donors (Lipinski definition) is 1. The summed E-state index contributed by atoms with van der Waals surface area (Å²) < 4.78 is 69.0. The van der Waals surface area contributed by atoms with Gasteiger partial charge in [-0.2, -0.15) is 13.2 Å². The fraction of sp³-hybridized carbons (Fsp3) is 0.211. The van der Waals surface area contributed by atoms with Gasteiger partial charge in [-0.3, -0.25) is 4.79 Å². The summed E-state index contributed by atoms with van der Waals surface area (Å²) in [6.07, 6.45) is -5.12. The summed E-state index contributed by atoms with van der Waals surface area (Å²) in [5.74, 6) is -1.59. The number of amides is 1. The van der Waals surface area contributed by atoms with Crippen molar-refractivity contribution in [2.75, 3.05) is 0 Å². The van der Waals surface area contributed by atoms with Crippen LogP contribution in [0, 0.1) is 20.8 Å². The Balaban J connectivity index is 2.12. The van der Waals surface area contributed by atoms with Crippen molar-refractivity contribution >= 4 is 39.1 Å². The summed E-state index contributed by atoms with van der Waals surface area (Å²) >= 11 is 11.9. The summed E-state index contributed by atoms with van der Waals surface area (Å²) in [5.41, 5.74) is -1.90. The van der Waals surface area contributed by atoms with Crippen LogP contribution in [0.25, 0.3) is 5.69 Å². The zero-order chi connectivity index (χ0) is 24.0. The SMILES string of the molecule is Cc1ccc(C)c(S(=O)(=O)NC(=O)c2nnn(-c3c(C)cc(Cl)cc3Cl)c2C(F)(F)F)c1. The highest BCUT2D eigenvalue weighted by atomic mass is 35.5. The molecule has 1 aromatic heterocycles. The zero-order valence-electron chi connectivity index (χ0n) is 16.8. The van der Waals surface area contributed by atoms with Gasteiger partial charge in [-0.25, -0.2) is 17.8 Å². The van der Waals surface area contributed by atoms with E-state index in [9.17, 15) is 26.4 Å². The molecule has 0 aliphatic carbocycles. The fourth-order valence-corrected chi connectivity index (χ4v) is 4.99. The molecule has 0 saturated carbocycles. The molecule has 0 fully saturated rings. The molecular formula is C19H15Cl2F3N4O3S. The molecule has 13 heteroatoms. The minimum Gasteiger partial charge on any atom is -0.266 e. The highest BCUT2D eigenvalue weighted by Gasteiger charge is 2.43. The van der Waals surface area contributed by atoms with Gasteiger partial charge in [-0.1, -0.05) is 40.5 Å². The number of aryl methyl sites for hydroxylation is 3. The number of nitrogens with one attached hydrogen (secondary N) is 1. The van der Waals surface area contributed by atoms with Gasteiger partial charge in [0.25, 0.3) is 15.9 Å². The van der Waals surface area contributed by atoms with Gasteiger partial charge < -0.3 is 0 Å².